The van der Waals surface area contributed by atoms with E-state index in [1.807, 2.05) is 27.7 Å². The minimum atomic E-state index is -4.22. The Hall–Kier alpha value is -2.97. The second kappa shape index (κ2) is 9.16. The van der Waals surface area contributed by atoms with E-state index in [2.05, 4.69) is 19.7 Å². The van der Waals surface area contributed by atoms with E-state index in [0.29, 0.717) is 16.4 Å². The van der Waals surface area contributed by atoms with E-state index in [0.717, 1.165) is 0 Å². The van der Waals surface area contributed by atoms with Gasteiger partial charge in [-0.15, -0.1) is 0 Å². The molecule has 36 heavy (non-hydrogen) atoms. The first-order valence-corrected chi connectivity index (χ1v) is 12.5. The van der Waals surface area contributed by atoms with Gasteiger partial charge in [-0.25, -0.2) is 21.9 Å². The summed E-state index contributed by atoms with van der Waals surface area (Å²) in [6.07, 6.45) is -2.09. The van der Waals surface area contributed by atoms with Crippen molar-refractivity contribution in [3.63, 3.8) is 0 Å². The van der Waals surface area contributed by atoms with Crippen molar-refractivity contribution in [2.24, 2.45) is 0 Å². The van der Waals surface area contributed by atoms with Gasteiger partial charge >= 0.3 is 7.12 Å². The molecule has 0 saturated carbocycles. The summed E-state index contributed by atoms with van der Waals surface area (Å²) in [5.41, 5.74) is -0.0516. The topological polar surface area (TPSA) is 125 Å². The maximum absolute atomic E-state index is 13.3. The van der Waals surface area contributed by atoms with Crippen molar-refractivity contribution in [1.82, 2.24) is 15.0 Å². The molecule has 1 aliphatic heterocycles. The van der Waals surface area contributed by atoms with Crippen molar-refractivity contribution >= 4 is 39.5 Å². The lowest BCUT2D eigenvalue weighted by atomic mass is 9.78. The van der Waals surface area contributed by atoms with Crippen LogP contribution in [0.1, 0.15) is 33.3 Å². The predicted octanol–water partition coefficient (Wildman–Crippen LogP) is 2.88. The second-order valence-electron chi connectivity index (χ2n) is 9.26. The number of nitrogens with zero attached hydrogens (tertiary/aromatic N) is 2. The van der Waals surface area contributed by atoms with Gasteiger partial charge in [0, 0.05) is 29.0 Å². The van der Waals surface area contributed by atoms with E-state index >= 15 is 0 Å². The highest BCUT2D eigenvalue weighted by Crippen LogP contribution is 2.37. The summed E-state index contributed by atoms with van der Waals surface area (Å²) in [7, 11) is -2.47. The second-order valence-corrected chi connectivity index (χ2v) is 10.9. The van der Waals surface area contributed by atoms with Gasteiger partial charge < -0.3 is 23.8 Å². The van der Waals surface area contributed by atoms with Crippen LogP contribution in [0, 0.1) is 0 Å². The van der Waals surface area contributed by atoms with Crippen LogP contribution in [0.25, 0.3) is 10.9 Å². The molecule has 0 atom stereocenters. The Morgan fingerprint density at radius 1 is 1.08 bits per heavy atom. The number of anilines is 1. The number of alkyl halides is 2. The summed E-state index contributed by atoms with van der Waals surface area (Å²) in [5.74, 6) is -0.832. The summed E-state index contributed by atoms with van der Waals surface area (Å²) in [4.78, 5) is 10.8. The fourth-order valence-electron chi connectivity index (χ4n) is 3.87. The van der Waals surface area contributed by atoms with E-state index < -0.39 is 47.1 Å². The Morgan fingerprint density at radius 3 is 2.19 bits per heavy atom. The predicted molar refractivity (Wildman–Crippen MR) is 130 cm³/mol. The van der Waals surface area contributed by atoms with E-state index in [4.69, 9.17) is 18.8 Å². The standard InChI is InChI=1S/C22H27BF2N4O6S/c1-21(2)22(3,4)35-23(34-21)14-9-7-8-12-15(11-26-17(12)14)36(30,31)29-20-27-18(32-5)13(10-16(24)25)19(28-20)33-6/h7-9,11,16,26H,10H2,1-6H3,(H,27,28,29). The van der Waals surface area contributed by atoms with Gasteiger partial charge in [-0.3, -0.25) is 0 Å². The fraction of sp³-hybridized carbons (Fsp3) is 0.455. The highest BCUT2D eigenvalue weighted by atomic mass is 32.2. The quantitative estimate of drug-likeness (QED) is 0.431. The number of hydrogen-bond donors (Lipinski definition) is 2. The number of methoxy groups -OCH3 is 2. The summed E-state index contributed by atoms with van der Waals surface area (Å²) >= 11 is 0. The van der Waals surface area contributed by atoms with Gasteiger partial charge in [-0.2, -0.15) is 9.97 Å². The van der Waals surface area contributed by atoms with Crippen molar-refractivity contribution in [2.75, 3.05) is 18.9 Å². The number of ether oxygens (including phenoxy) is 2. The zero-order valence-corrected chi connectivity index (χ0v) is 21.5. The molecule has 4 rings (SSSR count). The fourth-order valence-corrected chi connectivity index (χ4v) is 4.99. The molecule has 2 aromatic heterocycles. The first kappa shape index (κ1) is 26.1. The number of aromatic nitrogens is 3. The lowest BCUT2D eigenvalue weighted by Gasteiger charge is -2.32. The van der Waals surface area contributed by atoms with Crippen molar-refractivity contribution in [3.8, 4) is 11.8 Å². The number of benzene rings is 1. The first-order chi connectivity index (χ1) is 16.8. The lowest BCUT2D eigenvalue weighted by molar-refractivity contribution is 0.00578. The lowest BCUT2D eigenvalue weighted by Crippen LogP contribution is -2.41. The van der Waals surface area contributed by atoms with Crippen molar-refractivity contribution in [1.29, 1.82) is 0 Å². The number of aromatic amines is 1. The SMILES string of the molecule is COc1nc(NS(=O)(=O)c2c[nH]c3c(B4OC(C)(C)C(C)(C)O4)cccc23)nc(OC)c1CC(F)F. The Balaban J connectivity index is 1.70. The van der Waals surface area contributed by atoms with Gasteiger partial charge in [-0.1, -0.05) is 18.2 Å². The summed E-state index contributed by atoms with van der Waals surface area (Å²) in [6, 6.07) is 5.14. The first-order valence-electron chi connectivity index (χ1n) is 11.0. The molecule has 1 aliphatic rings. The largest absolute Gasteiger partial charge is 0.497 e. The molecule has 0 radical (unpaired) electrons. The van der Waals surface area contributed by atoms with Crippen molar-refractivity contribution < 1.29 is 36.0 Å². The van der Waals surface area contributed by atoms with Crippen molar-refractivity contribution in [3.05, 3.63) is 30.0 Å². The maximum atomic E-state index is 13.3. The molecule has 1 fully saturated rings. The molecule has 3 aromatic rings. The van der Waals surface area contributed by atoms with Gasteiger partial charge in [0.25, 0.3) is 10.0 Å². The molecule has 14 heteroatoms. The number of rotatable bonds is 8. The number of nitrogens with one attached hydrogen (secondary N) is 2. The van der Waals surface area contributed by atoms with Crippen LogP contribution < -0.4 is 19.7 Å². The molecule has 1 aromatic carbocycles. The van der Waals surface area contributed by atoms with E-state index in [-0.39, 0.29) is 22.2 Å². The van der Waals surface area contributed by atoms with Crippen LogP contribution in [0.4, 0.5) is 14.7 Å². The highest BCUT2D eigenvalue weighted by molar-refractivity contribution is 7.93. The van der Waals surface area contributed by atoms with E-state index in [9.17, 15) is 17.2 Å². The molecular formula is C22H27BF2N4O6S. The normalized spacial score (nSPS) is 17.1. The number of hydrogen-bond acceptors (Lipinski definition) is 8. The average Bonchev–Trinajstić information content (AvgIpc) is 3.32. The smallest absolute Gasteiger partial charge is 0.481 e. The van der Waals surface area contributed by atoms with Crippen LogP contribution >= 0.6 is 0 Å². The third-order valence-corrected chi connectivity index (χ3v) is 7.78. The Morgan fingerprint density at radius 2 is 1.67 bits per heavy atom. The number of H-pyrrole nitrogens is 1. The molecule has 0 amide bonds. The van der Waals surface area contributed by atoms with Gasteiger partial charge in [-0.05, 0) is 27.7 Å². The maximum Gasteiger partial charge on any atom is 0.497 e. The molecule has 10 nitrogen and oxygen atoms in total. The molecular weight excluding hydrogens is 497 g/mol. The number of sulfonamides is 1. The van der Waals surface area contributed by atoms with Crippen LogP contribution in [0.5, 0.6) is 11.8 Å². The molecule has 194 valence electrons. The Kier molecular flexibility index (Phi) is 6.64. The molecule has 3 heterocycles. The average molecular weight is 524 g/mol. The molecule has 1 saturated heterocycles. The third kappa shape index (κ3) is 4.60. The summed E-state index contributed by atoms with van der Waals surface area (Å²) in [6.45, 7) is 7.71. The molecule has 2 N–H and O–H groups in total. The van der Waals surface area contributed by atoms with E-state index in [1.165, 1.54) is 20.4 Å². The molecule has 0 unspecified atom stereocenters. The zero-order valence-electron chi connectivity index (χ0n) is 20.7. The van der Waals surface area contributed by atoms with Crippen LogP contribution in [-0.2, 0) is 25.8 Å². The van der Waals surface area contributed by atoms with Crippen LogP contribution in [0.3, 0.4) is 0 Å². The van der Waals surface area contributed by atoms with Gasteiger partial charge in [0.15, 0.2) is 0 Å². The summed E-state index contributed by atoms with van der Waals surface area (Å²) in [5, 5.41) is 0.392. The van der Waals surface area contributed by atoms with E-state index in [1.54, 1.807) is 18.2 Å². The van der Waals surface area contributed by atoms with Gasteiger partial charge in [0.2, 0.25) is 24.1 Å². The Labute approximate surface area is 207 Å². The minimum Gasteiger partial charge on any atom is -0.481 e. The van der Waals surface area contributed by atoms with Gasteiger partial charge in [0.1, 0.15) is 4.90 Å². The molecule has 0 aliphatic carbocycles. The summed E-state index contributed by atoms with van der Waals surface area (Å²) < 4.78 is 77.3. The zero-order chi connectivity index (χ0) is 26.5. The molecule has 0 bridgehead atoms. The van der Waals surface area contributed by atoms with Crippen LogP contribution in [-0.4, -0.2) is 62.3 Å². The Bertz CT molecular complexity index is 1360. The van der Waals surface area contributed by atoms with Crippen LogP contribution in [0.15, 0.2) is 29.3 Å². The number of fused-ring (bicyclic) bond motifs is 1. The van der Waals surface area contributed by atoms with Gasteiger partial charge in [0.05, 0.1) is 31.0 Å². The number of para-hydroxylation sites is 1. The minimum absolute atomic E-state index is 0.0721. The monoisotopic (exact) mass is 524 g/mol. The highest BCUT2D eigenvalue weighted by Gasteiger charge is 2.52. The van der Waals surface area contributed by atoms with Crippen molar-refractivity contribution in [2.45, 2.75) is 56.6 Å². The van der Waals surface area contributed by atoms with Crippen LogP contribution in [0.2, 0.25) is 0 Å². The molecule has 0 spiro atoms. The third-order valence-electron chi connectivity index (χ3n) is 6.41. The number of halogens is 2.